The molecule has 0 aromatic rings. The first-order valence-corrected chi connectivity index (χ1v) is 7.48. The zero-order valence-electron chi connectivity index (χ0n) is 12.2. The number of nitrogens with one attached hydrogen (secondary N) is 1. The molecule has 0 rings (SSSR count). The van der Waals surface area contributed by atoms with Crippen LogP contribution in [-0.4, -0.2) is 44.2 Å². The third-order valence-corrected chi connectivity index (χ3v) is 4.95. The van der Waals surface area contributed by atoms with Crippen molar-refractivity contribution in [3.8, 4) is 0 Å². The van der Waals surface area contributed by atoms with E-state index in [1.54, 1.807) is 0 Å². The van der Waals surface area contributed by atoms with Crippen molar-refractivity contribution in [2.45, 2.75) is 24.8 Å². The van der Waals surface area contributed by atoms with E-state index in [0.717, 1.165) is 20.3 Å². The smallest absolute Gasteiger partial charge is 0.464 e. The Morgan fingerprint density at radius 2 is 1.77 bits per heavy atom. The number of hydrogen-bond donors (Lipinski definition) is 1. The van der Waals surface area contributed by atoms with E-state index in [0.29, 0.717) is 0 Å². The molecule has 0 aliphatic carbocycles. The number of carbonyl (C=O) groups excluding carboxylic acids is 2. The van der Waals surface area contributed by atoms with Crippen LogP contribution in [0.1, 0.15) is 13.3 Å². The lowest BCUT2D eigenvalue weighted by Gasteiger charge is -2.35. The van der Waals surface area contributed by atoms with Crippen LogP contribution in [0.25, 0.3) is 0 Å². The van der Waals surface area contributed by atoms with Crippen LogP contribution in [0.3, 0.4) is 0 Å². The first-order valence-electron chi connectivity index (χ1n) is 5.93. The highest BCUT2D eigenvalue weighted by molar-refractivity contribution is 7.56. The van der Waals surface area contributed by atoms with Crippen molar-refractivity contribution >= 4 is 19.5 Å². The van der Waals surface area contributed by atoms with E-state index < -0.39 is 37.3 Å². The molecule has 0 saturated heterocycles. The van der Waals surface area contributed by atoms with Crippen molar-refractivity contribution in [1.82, 2.24) is 5.32 Å². The molecule has 0 bridgehead atoms. The van der Waals surface area contributed by atoms with E-state index >= 15 is 0 Å². The maximum Gasteiger partial charge on any atom is 0.471 e. The molecule has 0 radical (unpaired) electrons. The van der Waals surface area contributed by atoms with Gasteiger partial charge in [-0.2, -0.15) is 13.2 Å². The van der Waals surface area contributed by atoms with Crippen molar-refractivity contribution in [2.75, 3.05) is 20.8 Å². The van der Waals surface area contributed by atoms with Crippen LogP contribution in [0.4, 0.5) is 13.2 Å². The maximum absolute atomic E-state index is 12.6. The molecule has 7 nitrogen and oxygen atoms in total. The van der Waals surface area contributed by atoms with E-state index in [-0.39, 0.29) is 6.61 Å². The Balaban J connectivity index is 6.10. The monoisotopic (exact) mass is 347 g/mol. The fraction of sp³-hybridized carbons (Fsp3) is 0.636. The summed E-state index contributed by atoms with van der Waals surface area (Å²) in [6, 6.07) is 0. The second kappa shape index (κ2) is 7.75. The van der Waals surface area contributed by atoms with Crippen LogP contribution in [0.2, 0.25) is 0 Å². The Hall–Kier alpha value is -1.38. The predicted molar refractivity (Wildman–Crippen MR) is 70.0 cm³/mol. The van der Waals surface area contributed by atoms with Crippen molar-refractivity contribution < 1.29 is 41.1 Å². The molecule has 0 aliphatic heterocycles. The molecule has 1 unspecified atom stereocenters. The zero-order valence-corrected chi connectivity index (χ0v) is 13.1. The summed E-state index contributed by atoms with van der Waals surface area (Å²) in [7, 11) is -2.80. The zero-order chi connectivity index (χ0) is 17.6. The number of hydrogen-bond acceptors (Lipinski definition) is 6. The quantitative estimate of drug-likeness (QED) is 0.410. The van der Waals surface area contributed by atoms with Gasteiger partial charge >= 0.3 is 25.6 Å². The maximum atomic E-state index is 12.6. The van der Waals surface area contributed by atoms with Gasteiger partial charge in [-0.05, 0) is 6.92 Å². The molecular formula is C11H17F3NO6P. The molecule has 0 heterocycles. The number of carbonyl (C=O) groups is 2. The molecule has 0 aliphatic rings. The molecular weight excluding hydrogens is 330 g/mol. The van der Waals surface area contributed by atoms with Gasteiger partial charge in [0, 0.05) is 20.6 Å². The van der Waals surface area contributed by atoms with Crippen LogP contribution >= 0.6 is 7.60 Å². The Bertz CT molecular complexity index is 473. The summed E-state index contributed by atoms with van der Waals surface area (Å²) in [6.45, 7) is 4.42. The highest BCUT2D eigenvalue weighted by atomic mass is 31.2. The Labute approximate surface area is 125 Å². The van der Waals surface area contributed by atoms with Gasteiger partial charge < -0.3 is 19.1 Å². The minimum absolute atomic E-state index is 0.229. The van der Waals surface area contributed by atoms with Crippen molar-refractivity contribution in [2.24, 2.45) is 0 Å². The molecule has 1 amide bonds. The predicted octanol–water partition coefficient (Wildman–Crippen LogP) is 1.99. The minimum Gasteiger partial charge on any atom is -0.464 e. The molecule has 0 spiro atoms. The van der Waals surface area contributed by atoms with Gasteiger partial charge in [0.25, 0.3) is 0 Å². The topological polar surface area (TPSA) is 90.9 Å². The van der Waals surface area contributed by atoms with E-state index in [4.69, 9.17) is 0 Å². The fourth-order valence-corrected chi connectivity index (χ4v) is 3.23. The van der Waals surface area contributed by atoms with Crippen LogP contribution in [0.5, 0.6) is 0 Å². The first kappa shape index (κ1) is 20.6. The third kappa shape index (κ3) is 4.08. The van der Waals surface area contributed by atoms with E-state index in [2.05, 4.69) is 20.4 Å². The third-order valence-electron chi connectivity index (χ3n) is 2.58. The molecule has 0 aromatic heterocycles. The molecule has 1 N–H and O–H groups in total. The van der Waals surface area contributed by atoms with Gasteiger partial charge in [0.2, 0.25) is 5.28 Å². The van der Waals surface area contributed by atoms with Crippen LogP contribution < -0.4 is 5.32 Å². The SMILES string of the molecule is C=CCC(NC(=O)C(F)(F)F)(C(=O)OCC)P(=O)(OC)OC. The fourth-order valence-electron chi connectivity index (χ4n) is 1.58. The molecule has 0 fully saturated rings. The molecule has 1 atom stereocenters. The first-order chi connectivity index (χ1) is 10.0. The summed E-state index contributed by atoms with van der Waals surface area (Å²) in [4.78, 5) is 23.3. The van der Waals surface area contributed by atoms with Crippen molar-refractivity contribution in [3.05, 3.63) is 12.7 Å². The molecule has 0 saturated carbocycles. The van der Waals surface area contributed by atoms with Crippen LogP contribution in [0, 0.1) is 0 Å². The van der Waals surface area contributed by atoms with E-state index in [1.165, 1.54) is 12.2 Å². The molecule has 0 aromatic carbocycles. The summed E-state index contributed by atoms with van der Waals surface area (Å²) in [5.74, 6) is -3.88. The second-order valence-corrected chi connectivity index (χ2v) is 6.38. The van der Waals surface area contributed by atoms with Gasteiger partial charge in [0.15, 0.2) is 0 Å². The number of alkyl halides is 3. The standard InChI is InChI=1S/C11H17F3NO6P/c1-5-7-10(9(17)21-6-2,22(18,19-3)20-4)15-8(16)11(12,13)14/h5H,1,6-7H2,2-4H3,(H,15,16). The van der Waals surface area contributed by atoms with Gasteiger partial charge in [-0.15, -0.1) is 6.58 Å². The highest BCUT2D eigenvalue weighted by Crippen LogP contribution is 2.60. The van der Waals surface area contributed by atoms with Gasteiger partial charge in [-0.25, -0.2) is 4.79 Å². The lowest BCUT2D eigenvalue weighted by atomic mass is 10.2. The number of rotatable bonds is 8. The normalized spacial score (nSPS) is 14.8. The summed E-state index contributed by atoms with van der Waals surface area (Å²) >= 11 is 0. The van der Waals surface area contributed by atoms with Crippen molar-refractivity contribution in [3.63, 3.8) is 0 Å². The van der Waals surface area contributed by atoms with E-state index in [9.17, 15) is 27.3 Å². The van der Waals surface area contributed by atoms with Gasteiger partial charge in [0.05, 0.1) is 6.61 Å². The number of amides is 1. The molecule has 11 heteroatoms. The van der Waals surface area contributed by atoms with Gasteiger partial charge in [-0.3, -0.25) is 9.36 Å². The van der Waals surface area contributed by atoms with Crippen molar-refractivity contribution in [1.29, 1.82) is 0 Å². The summed E-state index contributed by atoms with van der Waals surface area (Å²) in [5.41, 5.74) is 0. The summed E-state index contributed by atoms with van der Waals surface area (Å²) in [5, 5.41) is -1.32. The number of esters is 1. The Kier molecular flexibility index (Phi) is 7.27. The summed E-state index contributed by atoms with van der Waals surface area (Å²) in [6.07, 6.45) is -4.99. The Morgan fingerprint density at radius 3 is 2.09 bits per heavy atom. The lowest BCUT2D eigenvalue weighted by molar-refractivity contribution is -0.177. The minimum atomic E-state index is -5.31. The van der Waals surface area contributed by atoms with Crippen LogP contribution in [0.15, 0.2) is 12.7 Å². The lowest BCUT2D eigenvalue weighted by Crippen LogP contribution is -2.58. The molecule has 22 heavy (non-hydrogen) atoms. The number of halogens is 3. The second-order valence-electron chi connectivity index (χ2n) is 3.89. The average Bonchev–Trinajstić information content (AvgIpc) is 2.44. The largest absolute Gasteiger partial charge is 0.471 e. The average molecular weight is 347 g/mol. The highest BCUT2D eigenvalue weighted by Gasteiger charge is 2.60. The molecule has 128 valence electrons. The van der Waals surface area contributed by atoms with E-state index in [1.807, 2.05) is 0 Å². The Morgan fingerprint density at radius 1 is 1.27 bits per heavy atom. The van der Waals surface area contributed by atoms with Crippen LogP contribution in [-0.2, 0) is 27.9 Å². The van der Waals surface area contributed by atoms with Gasteiger partial charge in [-0.1, -0.05) is 6.08 Å². The summed E-state index contributed by atoms with van der Waals surface area (Å²) < 4.78 is 63.9. The van der Waals surface area contributed by atoms with Gasteiger partial charge in [0.1, 0.15) is 0 Å². The number of ether oxygens (including phenoxy) is 1.